The number of aliphatic hydroxyl groups is 1. The van der Waals surface area contributed by atoms with Gasteiger partial charge in [0.05, 0.1) is 12.6 Å². The summed E-state index contributed by atoms with van der Waals surface area (Å²) >= 11 is 0. The van der Waals surface area contributed by atoms with E-state index in [-0.39, 0.29) is 18.3 Å². The molecular weight excluding hydrogens is 374 g/mol. The van der Waals surface area contributed by atoms with E-state index in [0.717, 1.165) is 12.8 Å². The van der Waals surface area contributed by atoms with Crippen molar-refractivity contribution in [2.45, 2.75) is 38.1 Å². The zero-order valence-corrected chi connectivity index (χ0v) is 15.9. The summed E-state index contributed by atoms with van der Waals surface area (Å²) in [6.45, 7) is 0.0334. The number of benzene rings is 1. The van der Waals surface area contributed by atoms with Gasteiger partial charge < -0.3 is 24.7 Å². The van der Waals surface area contributed by atoms with Crippen LogP contribution >= 0.6 is 0 Å². The molecular formula is C21H23N3O5. The molecule has 1 aromatic carbocycles. The quantitative estimate of drug-likeness (QED) is 0.546. The first-order valence-corrected chi connectivity index (χ1v) is 9.77. The van der Waals surface area contributed by atoms with Gasteiger partial charge in [-0.3, -0.25) is 0 Å². The van der Waals surface area contributed by atoms with Crippen molar-refractivity contribution in [2.75, 3.05) is 11.9 Å². The van der Waals surface area contributed by atoms with Crippen LogP contribution in [0.15, 0.2) is 40.9 Å². The highest BCUT2D eigenvalue weighted by atomic mass is 16.5. The van der Waals surface area contributed by atoms with Crippen LogP contribution in [0.4, 0.5) is 6.01 Å². The first-order valence-electron chi connectivity index (χ1n) is 9.77. The summed E-state index contributed by atoms with van der Waals surface area (Å²) in [6.07, 6.45) is 7.21. The number of hydrogen-bond acceptors (Lipinski definition) is 7. The van der Waals surface area contributed by atoms with E-state index in [2.05, 4.69) is 15.3 Å². The van der Waals surface area contributed by atoms with E-state index in [1.807, 2.05) is 0 Å². The highest BCUT2D eigenvalue weighted by Crippen LogP contribution is 2.30. The molecule has 3 aromatic rings. The minimum Gasteiger partial charge on any atom is -0.477 e. The maximum Gasteiger partial charge on any atom is 0.354 e. The van der Waals surface area contributed by atoms with Gasteiger partial charge in [-0.25, -0.2) is 9.78 Å². The van der Waals surface area contributed by atoms with Crippen molar-refractivity contribution in [1.82, 2.24) is 9.97 Å². The van der Waals surface area contributed by atoms with Crippen molar-refractivity contribution in [3.63, 3.8) is 0 Å². The van der Waals surface area contributed by atoms with Gasteiger partial charge in [0.25, 0.3) is 6.01 Å². The third kappa shape index (κ3) is 4.48. The number of aliphatic hydroxyl groups excluding tert-OH is 1. The number of rotatable bonds is 7. The lowest BCUT2D eigenvalue weighted by Crippen LogP contribution is -2.34. The molecule has 29 heavy (non-hydrogen) atoms. The van der Waals surface area contributed by atoms with Crippen LogP contribution in [-0.4, -0.2) is 38.8 Å². The van der Waals surface area contributed by atoms with E-state index >= 15 is 0 Å². The maximum absolute atomic E-state index is 11.0. The van der Waals surface area contributed by atoms with E-state index < -0.39 is 5.97 Å². The van der Waals surface area contributed by atoms with Crippen molar-refractivity contribution in [3.05, 3.63) is 42.2 Å². The Hall–Kier alpha value is -3.13. The molecule has 2 heterocycles. The lowest BCUT2D eigenvalue weighted by atomic mass is 9.84. The molecule has 8 nitrogen and oxygen atoms in total. The van der Waals surface area contributed by atoms with E-state index in [0.29, 0.717) is 34.5 Å². The van der Waals surface area contributed by atoms with Crippen LogP contribution in [0.25, 0.3) is 11.1 Å². The van der Waals surface area contributed by atoms with E-state index in [1.54, 1.807) is 24.3 Å². The molecule has 1 atom stereocenters. The minimum atomic E-state index is -1.12. The number of nitrogens with one attached hydrogen (secondary N) is 1. The molecule has 1 aliphatic rings. The topological polar surface area (TPSA) is 118 Å². The second-order valence-corrected chi connectivity index (χ2v) is 7.26. The molecule has 0 bridgehead atoms. The van der Waals surface area contributed by atoms with E-state index in [9.17, 15) is 9.90 Å². The number of pyridine rings is 1. The third-order valence-corrected chi connectivity index (χ3v) is 5.27. The molecule has 1 saturated carbocycles. The van der Waals surface area contributed by atoms with Gasteiger partial charge in [0.1, 0.15) is 17.0 Å². The van der Waals surface area contributed by atoms with Crippen LogP contribution in [0.1, 0.15) is 42.6 Å². The van der Waals surface area contributed by atoms with Crippen LogP contribution in [-0.2, 0) is 0 Å². The SMILES string of the molecule is O=C(O)c1cc(Oc2ccc3nc(N[C@@H](CO)C4CCCCC4)oc3c2)ccn1. The first-order chi connectivity index (χ1) is 14.1. The number of ether oxygens (including phenoxy) is 1. The Bertz CT molecular complexity index is 997. The van der Waals surface area contributed by atoms with Gasteiger partial charge >= 0.3 is 5.97 Å². The maximum atomic E-state index is 11.0. The Morgan fingerprint density at radius 1 is 1.21 bits per heavy atom. The lowest BCUT2D eigenvalue weighted by Gasteiger charge is -2.29. The highest BCUT2D eigenvalue weighted by molar-refractivity contribution is 5.85. The van der Waals surface area contributed by atoms with E-state index in [4.69, 9.17) is 14.3 Å². The standard InChI is InChI=1S/C21H23N3O5/c25-12-18(13-4-2-1-3-5-13)24-21-23-16-7-6-14(11-19(16)29-21)28-15-8-9-22-17(10-15)20(26)27/h6-11,13,18,25H,1-5,12H2,(H,23,24)(H,26,27)/t18-/m0/s1. The predicted octanol–water partition coefficient (Wildman–Crippen LogP) is 4.07. The fraction of sp³-hybridized carbons (Fsp3) is 0.381. The van der Waals surface area contributed by atoms with Crippen molar-refractivity contribution in [2.24, 2.45) is 5.92 Å². The number of carboxylic acid groups (broad SMARTS) is 1. The minimum absolute atomic E-state index is 0.0334. The van der Waals surface area contributed by atoms with Crippen LogP contribution in [0.2, 0.25) is 0 Å². The molecule has 0 amide bonds. The second-order valence-electron chi connectivity index (χ2n) is 7.26. The van der Waals surface area contributed by atoms with Gasteiger partial charge in [-0.2, -0.15) is 4.98 Å². The summed E-state index contributed by atoms with van der Waals surface area (Å²) in [5.41, 5.74) is 1.12. The average Bonchev–Trinajstić information content (AvgIpc) is 3.14. The fourth-order valence-corrected chi connectivity index (χ4v) is 3.77. The molecule has 0 aliphatic heterocycles. The summed E-state index contributed by atoms with van der Waals surface area (Å²) in [7, 11) is 0. The van der Waals surface area contributed by atoms with Gasteiger partial charge in [0.2, 0.25) is 0 Å². The highest BCUT2D eigenvalue weighted by Gasteiger charge is 2.24. The number of nitrogens with zero attached hydrogens (tertiary/aromatic N) is 2. The molecule has 3 N–H and O–H groups in total. The van der Waals surface area contributed by atoms with Crippen molar-refractivity contribution < 1.29 is 24.2 Å². The number of hydrogen-bond donors (Lipinski definition) is 3. The number of fused-ring (bicyclic) bond motifs is 1. The van der Waals surface area contributed by atoms with E-state index in [1.165, 1.54) is 31.5 Å². The van der Waals surface area contributed by atoms with Crippen molar-refractivity contribution in [3.8, 4) is 11.5 Å². The number of anilines is 1. The zero-order chi connectivity index (χ0) is 20.2. The molecule has 8 heteroatoms. The average molecular weight is 397 g/mol. The Labute approximate surface area is 167 Å². The molecule has 0 unspecified atom stereocenters. The molecule has 0 saturated heterocycles. The van der Waals surface area contributed by atoms with Crippen molar-refractivity contribution >= 4 is 23.1 Å². The fourth-order valence-electron chi connectivity index (χ4n) is 3.77. The largest absolute Gasteiger partial charge is 0.477 e. The smallest absolute Gasteiger partial charge is 0.354 e. The van der Waals surface area contributed by atoms with Crippen LogP contribution in [0.5, 0.6) is 11.5 Å². The van der Waals surface area contributed by atoms with Gasteiger partial charge in [-0.05, 0) is 37.0 Å². The normalized spacial score (nSPS) is 15.9. The Kier molecular flexibility index (Phi) is 5.62. The Morgan fingerprint density at radius 3 is 2.76 bits per heavy atom. The summed E-state index contributed by atoms with van der Waals surface area (Å²) in [5, 5.41) is 22.1. The summed E-state index contributed by atoms with van der Waals surface area (Å²) in [5.74, 6) is 0.159. The molecule has 152 valence electrons. The number of carbonyl (C=O) groups is 1. The van der Waals surface area contributed by atoms with Gasteiger partial charge in [0, 0.05) is 18.3 Å². The second kappa shape index (κ2) is 8.48. The van der Waals surface area contributed by atoms with Gasteiger partial charge in [-0.1, -0.05) is 19.3 Å². The Morgan fingerprint density at radius 2 is 2.00 bits per heavy atom. The summed E-state index contributed by atoms with van der Waals surface area (Å²) in [6, 6.07) is 8.44. The Balaban J connectivity index is 1.50. The predicted molar refractivity (Wildman–Crippen MR) is 106 cm³/mol. The monoisotopic (exact) mass is 397 g/mol. The number of carboxylic acids is 1. The van der Waals surface area contributed by atoms with Gasteiger partial charge in [-0.15, -0.1) is 0 Å². The van der Waals surface area contributed by atoms with Crippen LogP contribution in [0, 0.1) is 5.92 Å². The molecule has 1 fully saturated rings. The first kappa shape index (κ1) is 19.2. The number of aromatic carboxylic acids is 1. The zero-order valence-electron chi connectivity index (χ0n) is 15.9. The number of aromatic nitrogens is 2. The molecule has 0 radical (unpaired) electrons. The number of oxazole rings is 1. The third-order valence-electron chi connectivity index (χ3n) is 5.27. The molecule has 1 aliphatic carbocycles. The lowest BCUT2D eigenvalue weighted by molar-refractivity contribution is 0.0690. The van der Waals surface area contributed by atoms with Crippen molar-refractivity contribution in [1.29, 1.82) is 0 Å². The summed E-state index contributed by atoms with van der Waals surface area (Å²) in [4.78, 5) is 19.3. The summed E-state index contributed by atoms with van der Waals surface area (Å²) < 4.78 is 11.5. The molecule has 0 spiro atoms. The molecule has 2 aromatic heterocycles. The van der Waals surface area contributed by atoms with Crippen LogP contribution in [0.3, 0.4) is 0 Å². The van der Waals surface area contributed by atoms with Gasteiger partial charge in [0.15, 0.2) is 11.3 Å². The van der Waals surface area contributed by atoms with Crippen LogP contribution < -0.4 is 10.1 Å². The molecule has 4 rings (SSSR count).